The van der Waals surface area contributed by atoms with E-state index >= 15 is 0 Å². The van der Waals surface area contributed by atoms with Gasteiger partial charge in [-0.05, 0) is 24.8 Å². The van der Waals surface area contributed by atoms with Crippen LogP contribution in [0.5, 0.6) is 0 Å². The Balaban J connectivity index is 2.48. The zero-order chi connectivity index (χ0) is 8.81. The van der Waals surface area contributed by atoms with Gasteiger partial charge in [-0.1, -0.05) is 37.3 Å². The second-order valence-electron chi connectivity index (χ2n) is 2.76. The van der Waals surface area contributed by atoms with E-state index in [4.69, 9.17) is 0 Å². The van der Waals surface area contributed by atoms with E-state index in [2.05, 4.69) is 6.42 Å². The summed E-state index contributed by atoms with van der Waals surface area (Å²) in [5.41, 5.74) is 0.930. The minimum atomic E-state index is 0.480. The normalized spacial score (nSPS) is 10.6. The summed E-state index contributed by atoms with van der Waals surface area (Å²) in [5.74, 6) is 0. The Morgan fingerprint density at radius 3 is 2.58 bits per heavy atom. The van der Waals surface area contributed by atoms with Crippen LogP contribution in [-0.4, -0.2) is 5.11 Å². The Labute approximate surface area is 74.1 Å². The molecule has 0 unspecified atom stereocenters. The lowest BCUT2D eigenvalue weighted by Crippen LogP contribution is -1.97. The van der Waals surface area contributed by atoms with Gasteiger partial charge in [0.15, 0.2) is 0 Å². The third-order valence-corrected chi connectivity index (χ3v) is 1.78. The van der Waals surface area contributed by atoms with Gasteiger partial charge in [-0.15, -0.1) is 0 Å². The van der Waals surface area contributed by atoms with Crippen LogP contribution in [-0.2, 0) is 0 Å². The van der Waals surface area contributed by atoms with Crippen LogP contribution < -0.4 is 0 Å². The molecule has 0 fully saturated rings. The molecule has 1 N–H and O–H groups in total. The summed E-state index contributed by atoms with van der Waals surface area (Å²) >= 11 is 0. The monoisotopic (exact) mass is 162 g/mol. The third kappa shape index (κ3) is 2.67. The molecule has 1 heteroatoms. The van der Waals surface area contributed by atoms with E-state index in [0.717, 1.165) is 18.4 Å². The molecule has 1 nitrogen and oxygen atoms in total. The predicted octanol–water partition coefficient (Wildman–Crippen LogP) is 2.94. The number of unbranched alkanes of at least 4 members (excludes halogenated alkanes) is 1. The van der Waals surface area contributed by atoms with E-state index < -0.39 is 0 Å². The Hall–Kier alpha value is -0.820. The van der Waals surface area contributed by atoms with E-state index in [1.54, 1.807) is 0 Å². The van der Waals surface area contributed by atoms with E-state index in [9.17, 15) is 5.11 Å². The summed E-state index contributed by atoms with van der Waals surface area (Å²) in [4.78, 5) is 0. The lowest BCUT2D eigenvalue weighted by molar-refractivity contribution is 0.312. The average molecular weight is 162 g/mol. The SMILES string of the molecule is C[CH]CC[C](O)c1ccccc1. The first-order valence-electron chi connectivity index (χ1n) is 4.22. The molecule has 1 aromatic carbocycles. The topological polar surface area (TPSA) is 20.2 Å². The zero-order valence-electron chi connectivity index (χ0n) is 7.33. The number of aliphatic hydroxyl groups excluding tert-OH is 1. The largest absolute Gasteiger partial charge is 0.382 e. The van der Waals surface area contributed by atoms with Crippen LogP contribution in [0, 0.1) is 12.5 Å². The van der Waals surface area contributed by atoms with Crippen LogP contribution in [0.25, 0.3) is 0 Å². The van der Waals surface area contributed by atoms with E-state index in [1.807, 2.05) is 37.3 Å². The summed E-state index contributed by atoms with van der Waals surface area (Å²) in [6.07, 6.45) is 4.20. The highest BCUT2D eigenvalue weighted by molar-refractivity contribution is 5.25. The van der Waals surface area contributed by atoms with Gasteiger partial charge in [0.05, 0.1) is 0 Å². The standard InChI is InChI=1S/C11H14O/c1-2-3-9-11(12)10-7-5-4-6-8-10/h2,4-8,12H,3,9H2,1H3. The first-order chi connectivity index (χ1) is 5.84. The Kier molecular flexibility index (Phi) is 3.81. The van der Waals surface area contributed by atoms with Crippen molar-refractivity contribution < 1.29 is 5.11 Å². The molecule has 12 heavy (non-hydrogen) atoms. The maximum absolute atomic E-state index is 9.55. The highest BCUT2D eigenvalue weighted by atomic mass is 16.3. The third-order valence-electron chi connectivity index (χ3n) is 1.78. The van der Waals surface area contributed by atoms with Crippen molar-refractivity contribution in [2.75, 3.05) is 0 Å². The molecule has 0 aliphatic carbocycles. The van der Waals surface area contributed by atoms with Crippen LogP contribution in [0.2, 0.25) is 0 Å². The highest BCUT2D eigenvalue weighted by Crippen LogP contribution is 2.16. The average Bonchev–Trinajstić information content (AvgIpc) is 2.15. The van der Waals surface area contributed by atoms with Crippen molar-refractivity contribution >= 4 is 0 Å². The van der Waals surface area contributed by atoms with Crippen molar-refractivity contribution in [2.24, 2.45) is 0 Å². The smallest absolute Gasteiger partial charge is 0.122 e. The highest BCUT2D eigenvalue weighted by Gasteiger charge is 2.06. The molecule has 0 amide bonds. The van der Waals surface area contributed by atoms with Crippen molar-refractivity contribution in [1.82, 2.24) is 0 Å². The fourth-order valence-corrected chi connectivity index (χ4v) is 1.06. The van der Waals surface area contributed by atoms with Gasteiger partial charge in [0.1, 0.15) is 6.10 Å². The fourth-order valence-electron chi connectivity index (χ4n) is 1.06. The minimum Gasteiger partial charge on any atom is -0.382 e. The Morgan fingerprint density at radius 1 is 1.33 bits per heavy atom. The first kappa shape index (κ1) is 9.27. The van der Waals surface area contributed by atoms with Gasteiger partial charge in [-0.2, -0.15) is 0 Å². The second-order valence-corrected chi connectivity index (χ2v) is 2.76. The molecule has 1 rings (SSSR count). The molecule has 0 aliphatic heterocycles. The van der Waals surface area contributed by atoms with Gasteiger partial charge < -0.3 is 5.11 Å². The number of rotatable bonds is 4. The molecule has 0 spiro atoms. The quantitative estimate of drug-likeness (QED) is 0.721. The first-order valence-corrected chi connectivity index (χ1v) is 4.22. The predicted molar refractivity (Wildman–Crippen MR) is 49.9 cm³/mol. The van der Waals surface area contributed by atoms with Crippen LogP contribution >= 0.6 is 0 Å². The summed E-state index contributed by atoms with van der Waals surface area (Å²) in [6, 6.07) is 9.65. The van der Waals surface area contributed by atoms with E-state index in [-0.39, 0.29) is 0 Å². The molecule has 0 atom stereocenters. The lowest BCUT2D eigenvalue weighted by Gasteiger charge is -2.07. The summed E-state index contributed by atoms with van der Waals surface area (Å²) < 4.78 is 0. The molecule has 0 aromatic heterocycles. The van der Waals surface area contributed by atoms with Gasteiger partial charge in [0, 0.05) is 0 Å². The van der Waals surface area contributed by atoms with Gasteiger partial charge in [-0.3, -0.25) is 0 Å². The van der Waals surface area contributed by atoms with Gasteiger partial charge in [0.2, 0.25) is 0 Å². The number of benzene rings is 1. The molecule has 0 heterocycles. The van der Waals surface area contributed by atoms with Gasteiger partial charge >= 0.3 is 0 Å². The Morgan fingerprint density at radius 2 is 2.00 bits per heavy atom. The molecular weight excluding hydrogens is 148 g/mol. The van der Waals surface area contributed by atoms with Crippen molar-refractivity contribution in [3.63, 3.8) is 0 Å². The van der Waals surface area contributed by atoms with Crippen molar-refractivity contribution in [3.05, 3.63) is 48.4 Å². The van der Waals surface area contributed by atoms with Gasteiger partial charge in [-0.25, -0.2) is 0 Å². The van der Waals surface area contributed by atoms with Crippen LogP contribution in [0.1, 0.15) is 25.3 Å². The Bertz CT molecular complexity index is 206. The molecule has 0 saturated carbocycles. The molecule has 0 aliphatic rings. The van der Waals surface area contributed by atoms with E-state index in [0.29, 0.717) is 6.10 Å². The lowest BCUT2D eigenvalue weighted by atomic mass is 10.0. The fraction of sp³-hybridized carbons (Fsp3) is 0.273. The summed E-state index contributed by atoms with van der Waals surface area (Å²) in [5, 5.41) is 9.55. The number of hydrogen-bond acceptors (Lipinski definition) is 1. The molecule has 64 valence electrons. The molecule has 2 radical (unpaired) electrons. The second kappa shape index (κ2) is 4.94. The molecule has 1 aromatic rings. The van der Waals surface area contributed by atoms with Crippen LogP contribution in [0.3, 0.4) is 0 Å². The zero-order valence-corrected chi connectivity index (χ0v) is 7.33. The molecule has 0 saturated heterocycles. The van der Waals surface area contributed by atoms with Crippen LogP contribution in [0.4, 0.5) is 0 Å². The van der Waals surface area contributed by atoms with Crippen molar-refractivity contribution in [1.29, 1.82) is 0 Å². The van der Waals surface area contributed by atoms with Crippen LogP contribution in [0.15, 0.2) is 30.3 Å². The molecule has 0 bridgehead atoms. The summed E-state index contributed by atoms with van der Waals surface area (Å²) in [7, 11) is 0. The van der Waals surface area contributed by atoms with Crippen molar-refractivity contribution in [2.45, 2.75) is 19.8 Å². The number of hydrogen-bond donors (Lipinski definition) is 1. The maximum Gasteiger partial charge on any atom is 0.122 e. The van der Waals surface area contributed by atoms with Crippen molar-refractivity contribution in [3.8, 4) is 0 Å². The summed E-state index contributed by atoms with van der Waals surface area (Å²) in [6.45, 7) is 2.00. The maximum atomic E-state index is 9.55. The minimum absolute atomic E-state index is 0.480. The van der Waals surface area contributed by atoms with Gasteiger partial charge in [0.25, 0.3) is 0 Å². The van der Waals surface area contributed by atoms with E-state index in [1.165, 1.54) is 0 Å². The molecular formula is C11H14O. The number of aliphatic hydroxyl groups is 1.